The van der Waals surface area contributed by atoms with Crippen LogP contribution in [0.25, 0.3) is 0 Å². The van der Waals surface area contributed by atoms with Crippen LogP contribution in [0.4, 0.5) is 18.9 Å². The van der Waals surface area contributed by atoms with Crippen molar-refractivity contribution in [3.05, 3.63) is 58.9 Å². The maximum atomic E-state index is 13.5. The van der Waals surface area contributed by atoms with Gasteiger partial charge in [0.1, 0.15) is 17.3 Å². The lowest BCUT2D eigenvalue weighted by Gasteiger charge is -2.16. The van der Waals surface area contributed by atoms with Crippen molar-refractivity contribution >= 4 is 21.3 Å². The molecule has 182 valence electrons. The molecule has 0 fully saturated rings. The van der Waals surface area contributed by atoms with Crippen molar-refractivity contribution in [2.75, 3.05) is 18.7 Å². The molecule has 2 N–H and O–H groups in total. The number of pyridine rings is 1. The number of benzene rings is 1. The van der Waals surface area contributed by atoms with Crippen LogP contribution in [0.1, 0.15) is 27.3 Å². The van der Waals surface area contributed by atoms with Crippen molar-refractivity contribution in [2.24, 2.45) is 0 Å². The van der Waals surface area contributed by atoms with Gasteiger partial charge in [0, 0.05) is 16.8 Å². The third kappa shape index (κ3) is 5.64. The number of hydrogen-bond acceptors (Lipinski definition) is 9. The molecular formula is C21H17F3N6O4S. The first-order valence-electron chi connectivity index (χ1n) is 9.57. The number of alkyl halides is 3. The Balaban J connectivity index is 2.10. The molecule has 0 aliphatic rings. The number of nitrogens with one attached hydrogen (secondary N) is 2. The van der Waals surface area contributed by atoms with E-state index >= 15 is 0 Å². The van der Waals surface area contributed by atoms with Crippen LogP contribution in [-0.2, 0) is 15.9 Å². The number of methoxy groups -OCH3 is 1. The maximum absolute atomic E-state index is 13.5. The van der Waals surface area contributed by atoms with Crippen LogP contribution in [0.2, 0.25) is 0 Å². The van der Waals surface area contributed by atoms with E-state index in [-0.39, 0.29) is 27.9 Å². The summed E-state index contributed by atoms with van der Waals surface area (Å²) in [7, 11) is -1.88. The molecule has 0 bridgehead atoms. The Morgan fingerprint density at radius 1 is 1.20 bits per heavy atom. The number of nitrogens with zero attached hydrogens (tertiary/aromatic N) is 4. The Morgan fingerprint density at radius 3 is 2.51 bits per heavy atom. The van der Waals surface area contributed by atoms with Crippen molar-refractivity contribution in [3.8, 4) is 23.6 Å². The number of hydrogen-bond donors (Lipinski definition) is 2. The Hall–Kier alpha value is -4.25. The van der Waals surface area contributed by atoms with Gasteiger partial charge in [-0.05, 0) is 42.8 Å². The summed E-state index contributed by atoms with van der Waals surface area (Å²) in [5.41, 5.74) is -2.45. The van der Waals surface area contributed by atoms with E-state index in [9.17, 15) is 22.2 Å². The first-order valence-corrected chi connectivity index (χ1v) is 11.5. The van der Waals surface area contributed by atoms with Gasteiger partial charge >= 0.3 is 6.18 Å². The van der Waals surface area contributed by atoms with Gasteiger partial charge in [0.05, 0.1) is 16.8 Å². The Kier molecular flexibility index (Phi) is 6.92. The van der Waals surface area contributed by atoms with E-state index in [0.717, 1.165) is 6.92 Å². The monoisotopic (exact) mass is 506 g/mol. The molecule has 14 heteroatoms. The van der Waals surface area contributed by atoms with Crippen LogP contribution < -0.4 is 14.8 Å². The second kappa shape index (κ2) is 9.55. The molecule has 0 aliphatic carbocycles. The summed E-state index contributed by atoms with van der Waals surface area (Å²) >= 11 is 0. The molecule has 0 saturated carbocycles. The number of amides is 1. The molecule has 3 aromatic rings. The number of ether oxygens (including phenoxy) is 2. The number of carbonyl (C=O) groups is 1. The zero-order chi connectivity index (χ0) is 26.0. The molecule has 1 amide bonds. The minimum atomic E-state index is -4.91. The van der Waals surface area contributed by atoms with Gasteiger partial charge in [-0.3, -0.25) is 4.79 Å². The second-order valence-electron chi connectivity index (χ2n) is 7.09. The van der Waals surface area contributed by atoms with Crippen molar-refractivity contribution in [1.82, 2.24) is 15.2 Å². The highest BCUT2D eigenvalue weighted by molar-refractivity contribution is 7.91. The SMILES string of the molecule is COc1nc(C#N)ccc1Oc1nnc(C(F)(F)F)c(C)c1C(=O)Nc1cccc([S@](C)(=N)=O)c1. The molecule has 0 saturated heterocycles. The van der Waals surface area contributed by atoms with E-state index in [2.05, 4.69) is 20.5 Å². The number of anilines is 1. The predicted octanol–water partition coefficient (Wildman–Crippen LogP) is 4.16. The topological polar surface area (TPSA) is 151 Å². The van der Waals surface area contributed by atoms with Crippen molar-refractivity contribution < 1.29 is 31.6 Å². The minimum Gasteiger partial charge on any atom is -0.478 e. The second-order valence-corrected chi connectivity index (χ2v) is 9.25. The Labute approximate surface area is 197 Å². The van der Waals surface area contributed by atoms with Gasteiger partial charge in [0.15, 0.2) is 11.4 Å². The highest BCUT2D eigenvalue weighted by Gasteiger charge is 2.38. The average Bonchev–Trinajstić information content (AvgIpc) is 2.78. The van der Waals surface area contributed by atoms with Gasteiger partial charge in [0.2, 0.25) is 0 Å². The highest BCUT2D eigenvalue weighted by atomic mass is 32.2. The molecule has 1 aromatic carbocycles. The summed E-state index contributed by atoms with van der Waals surface area (Å²) in [6.07, 6.45) is -3.72. The third-order valence-electron chi connectivity index (χ3n) is 4.56. The normalized spacial score (nSPS) is 12.8. The molecule has 1 atom stereocenters. The summed E-state index contributed by atoms with van der Waals surface area (Å²) in [6, 6.07) is 9.89. The van der Waals surface area contributed by atoms with E-state index in [1.54, 1.807) is 6.07 Å². The standard InChI is InChI=1S/C21H17F3N6O4S/c1-11-16(18(31)27-12-5-4-6-14(9-12)35(3,26)32)20(30-29-17(11)21(22,23)24)34-15-8-7-13(10-25)28-19(15)33-2/h4-9,26H,1-3H3,(H,27,31)/t35-/m1/s1. The van der Waals surface area contributed by atoms with Crippen LogP contribution in [0.5, 0.6) is 17.5 Å². The van der Waals surface area contributed by atoms with E-state index in [4.69, 9.17) is 19.5 Å². The van der Waals surface area contributed by atoms with Crippen LogP contribution in [-0.4, -0.2) is 38.7 Å². The van der Waals surface area contributed by atoms with E-state index < -0.39 is 44.5 Å². The largest absolute Gasteiger partial charge is 0.478 e. The number of nitriles is 1. The maximum Gasteiger partial charge on any atom is 0.435 e. The van der Waals surface area contributed by atoms with Gasteiger partial charge < -0.3 is 14.8 Å². The lowest BCUT2D eigenvalue weighted by molar-refractivity contribution is -0.142. The average molecular weight is 506 g/mol. The van der Waals surface area contributed by atoms with Gasteiger partial charge in [-0.2, -0.15) is 23.4 Å². The van der Waals surface area contributed by atoms with Crippen molar-refractivity contribution in [3.63, 3.8) is 0 Å². The summed E-state index contributed by atoms with van der Waals surface area (Å²) in [5.74, 6) is -1.90. The van der Waals surface area contributed by atoms with Gasteiger partial charge in [-0.1, -0.05) is 6.07 Å². The highest BCUT2D eigenvalue weighted by Crippen LogP contribution is 2.36. The van der Waals surface area contributed by atoms with E-state index in [0.29, 0.717) is 0 Å². The number of carbonyl (C=O) groups excluding carboxylic acids is 1. The van der Waals surface area contributed by atoms with Crippen LogP contribution >= 0.6 is 0 Å². The number of rotatable bonds is 6. The molecule has 10 nitrogen and oxygen atoms in total. The first kappa shape index (κ1) is 25.4. The lowest BCUT2D eigenvalue weighted by Crippen LogP contribution is -2.21. The number of aromatic nitrogens is 3. The fourth-order valence-corrected chi connectivity index (χ4v) is 3.63. The summed E-state index contributed by atoms with van der Waals surface area (Å²) in [5, 5.41) is 18.0. The number of halogens is 3. The quantitative estimate of drug-likeness (QED) is 0.506. The Morgan fingerprint density at radius 2 is 1.91 bits per heavy atom. The van der Waals surface area contributed by atoms with Crippen molar-refractivity contribution in [1.29, 1.82) is 10.0 Å². The van der Waals surface area contributed by atoms with Crippen LogP contribution in [0, 0.1) is 23.0 Å². The minimum absolute atomic E-state index is 0.0105. The lowest BCUT2D eigenvalue weighted by atomic mass is 10.1. The molecule has 3 rings (SSSR count). The molecule has 0 aliphatic heterocycles. The smallest absolute Gasteiger partial charge is 0.435 e. The third-order valence-corrected chi connectivity index (χ3v) is 5.72. The fraction of sp³-hybridized carbons (Fsp3) is 0.190. The molecule has 35 heavy (non-hydrogen) atoms. The molecule has 0 radical (unpaired) electrons. The van der Waals surface area contributed by atoms with Crippen LogP contribution in [0.3, 0.4) is 0 Å². The van der Waals surface area contributed by atoms with E-state index in [1.807, 2.05) is 0 Å². The van der Waals surface area contributed by atoms with E-state index in [1.165, 1.54) is 49.8 Å². The zero-order valence-corrected chi connectivity index (χ0v) is 19.2. The molecular weight excluding hydrogens is 489 g/mol. The van der Waals surface area contributed by atoms with Gasteiger partial charge in [-0.15, -0.1) is 10.2 Å². The molecule has 2 aromatic heterocycles. The van der Waals surface area contributed by atoms with Gasteiger partial charge in [0.25, 0.3) is 17.7 Å². The predicted molar refractivity (Wildman–Crippen MR) is 117 cm³/mol. The Bertz CT molecular complexity index is 1450. The molecule has 0 spiro atoms. The summed E-state index contributed by atoms with van der Waals surface area (Å²) < 4.78 is 70.7. The summed E-state index contributed by atoms with van der Waals surface area (Å²) in [4.78, 5) is 17.1. The first-order chi connectivity index (χ1) is 16.3. The molecule has 0 unspecified atom stereocenters. The zero-order valence-electron chi connectivity index (χ0n) is 18.4. The van der Waals surface area contributed by atoms with Crippen LogP contribution in [0.15, 0.2) is 41.3 Å². The molecule has 2 heterocycles. The fourth-order valence-electron chi connectivity index (χ4n) is 2.94. The summed E-state index contributed by atoms with van der Waals surface area (Å²) in [6.45, 7) is 1.03. The van der Waals surface area contributed by atoms with Gasteiger partial charge in [-0.25, -0.2) is 8.99 Å². The van der Waals surface area contributed by atoms with Crippen molar-refractivity contribution in [2.45, 2.75) is 18.0 Å².